The second-order valence-electron chi connectivity index (χ2n) is 5.83. The molecule has 0 atom stereocenters. The van der Waals surface area contributed by atoms with Crippen LogP contribution in [0.2, 0.25) is 0 Å². The van der Waals surface area contributed by atoms with Crippen molar-refractivity contribution in [3.63, 3.8) is 0 Å². The van der Waals surface area contributed by atoms with Crippen molar-refractivity contribution < 1.29 is 5.21 Å². The molecule has 0 amide bonds. The van der Waals surface area contributed by atoms with Gasteiger partial charge in [0, 0.05) is 12.1 Å². The number of oxime groups is 1. The van der Waals surface area contributed by atoms with Gasteiger partial charge in [0.2, 0.25) is 0 Å². The van der Waals surface area contributed by atoms with Gasteiger partial charge in [-0.25, -0.2) is 0 Å². The Morgan fingerprint density at radius 1 is 1.38 bits per heavy atom. The quantitative estimate of drug-likeness (QED) is 0.347. The van der Waals surface area contributed by atoms with Crippen LogP contribution in [0.15, 0.2) is 29.4 Å². The molecule has 116 valence electrons. The number of rotatable bonds is 7. The van der Waals surface area contributed by atoms with E-state index >= 15 is 0 Å². The molecule has 0 radical (unpaired) electrons. The van der Waals surface area contributed by atoms with Gasteiger partial charge in [-0.05, 0) is 64.1 Å². The van der Waals surface area contributed by atoms with E-state index in [-0.39, 0.29) is 5.84 Å². The molecule has 5 heteroatoms. The minimum atomic E-state index is 0.161. The summed E-state index contributed by atoms with van der Waals surface area (Å²) in [6.45, 7) is 5.71. The van der Waals surface area contributed by atoms with E-state index in [1.165, 1.54) is 44.5 Å². The molecule has 0 unspecified atom stereocenters. The highest BCUT2D eigenvalue weighted by atomic mass is 16.4. The Morgan fingerprint density at radius 2 is 2.14 bits per heavy atom. The summed E-state index contributed by atoms with van der Waals surface area (Å²) in [4.78, 5) is 4.87. The lowest BCUT2D eigenvalue weighted by Gasteiger charge is -2.20. The van der Waals surface area contributed by atoms with Crippen LogP contribution in [0.1, 0.15) is 30.4 Å². The Morgan fingerprint density at radius 3 is 2.86 bits per heavy atom. The fraction of sp³-hybridized carbons (Fsp3) is 0.562. The molecule has 3 N–H and O–H groups in total. The van der Waals surface area contributed by atoms with E-state index in [1.807, 2.05) is 18.2 Å². The van der Waals surface area contributed by atoms with Crippen LogP contribution in [0.5, 0.6) is 0 Å². The minimum absolute atomic E-state index is 0.161. The molecule has 1 aliphatic heterocycles. The lowest BCUT2D eigenvalue weighted by molar-refractivity contribution is 0.275. The summed E-state index contributed by atoms with van der Waals surface area (Å²) in [5, 5.41) is 11.8. The smallest absolute Gasteiger partial charge is 0.170 e. The van der Waals surface area contributed by atoms with Crippen LogP contribution in [0.4, 0.5) is 0 Å². The SMILES string of the molecule is CN(CCCN1CCCC1)Cc1cccc(C(N)=NO)c1. The number of likely N-dealkylation sites (tertiary alicyclic amines) is 1. The second-order valence-corrected chi connectivity index (χ2v) is 5.83. The summed E-state index contributed by atoms with van der Waals surface area (Å²) in [5.74, 6) is 0.161. The summed E-state index contributed by atoms with van der Waals surface area (Å²) in [7, 11) is 2.14. The average molecular weight is 290 g/mol. The van der Waals surface area contributed by atoms with Gasteiger partial charge in [-0.15, -0.1) is 0 Å². The summed E-state index contributed by atoms with van der Waals surface area (Å²) in [6, 6.07) is 7.85. The highest BCUT2D eigenvalue weighted by Crippen LogP contribution is 2.10. The lowest BCUT2D eigenvalue weighted by Crippen LogP contribution is -2.26. The number of hydrogen-bond acceptors (Lipinski definition) is 4. The second kappa shape index (κ2) is 8.00. The fourth-order valence-electron chi connectivity index (χ4n) is 2.85. The first-order chi connectivity index (χ1) is 10.2. The van der Waals surface area contributed by atoms with E-state index in [0.29, 0.717) is 0 Å². The number of amidine groups is 1. The average Bonchev–Trinajstić information content (AvgIpc) is 3.00. The molecule has 1 aromatic carbocycles. The Balaban J connectivity index is 1.77. The minimum Gasteiger partial charge on any atom is -0.409 e. The molecule has 0 aromatic heterocycles. The zero-order valence-electron chi connectivity index (χ0n) is 12.8. The predicted octanol–water partition coefficient (Wildman–Crippen LogP) is 1.70. The third-order valence-electron chi connectivity index (χ3n) is 4.00. The van der Waals surface area contributed by atoms with Gasteiger partial charge >= 0.3 is 0 Å². The van der Waals surface area contributed by atoms with E-state index in [0.717, 1.165) is 18.7 Å². The molecule has 1 aromatic rings. The zero-order valence-corrected chi connectivity index (χ0v) is 12.8. The van der Waals surface area contributed by atoms with Crippen molar-refractivity contribution in [2.45, 2.75) is 25.8 Å². The van der Waals surface area contributed by atoms with E-state index in [1.54, 1.807) is 0 Å². The van der Waals surface area contributed by atoms with Gasteiger partial charge in [0.25, 0.3) is 0 Å². The van der Waals surface area contributed by atoms with Crippen LogP contribution in [0.3, 0.4) is 0 Å². The van der Waals surface area contributed by atoms with Crippen LogP contribution in [-0.2, 0) is 6.54 Å². The van der Waals surface area contributed by atoms with Crippen molar-refractivity contribution in [2.24, 2.45) is 10.9 Å². The van der Waals surface area contributed by atoms with E-state index in [2.05, 4.69) is 28.1 Å². The molecule has 21 heavy (non-hydrogen) atoms. The Bertz CT molecular complexity index is 469. The normalized spacial score (nSPS) is 16.8. The highest BCUT2D eigenvalue weighted by molar-refractivity contribution is 5.97. The van der Waals surface area contributed by atoms with Crippen molar-refractivity contribution in [1.29, 1.82) is 0 Å². The van der Waals surface area contributed by atoms with Crippen LogP contribution in [0.25, 0.3) is 0 Å². The van der Waals surface area contributed by atoms with Gasteiger partial charge in [0.1, 0.15) is 0 Å². The van der Waals surface area contributed by atoms with Crippen molar-refractivity contribution in [2.75, 3.05) is 33.2 Å². The Hall–Kier alpha value is -1.59. The fourth-order valence-corrected chi connectivity index (χ4v) is 2.85. The maximum Gasteiger partial charge on any atom is 0.170 e. The van der Waals surface area contributed by atoms with Crippen molar-refractivity contribution in [3.05, 3.63) is 35.4 Å². The number of hydrogen-bond donors (Lipinski definition) is 2. The molecule has 1 fully saturated rings. The van der Waals surface area contributed by atoms with E-state index in [9.17, 15) is 0 Å². The van der Waals surface area contributed by atoms with Gasteiger partial charge in [0.15, 0.2) is 5.84 Å². The summed E-state index contributed by atoms with van der Waals surface area (Å²) < 4.78 is 0. The maximum atomic E-state index is 8.73. The summed E-state index contributed by atoms with van der Waals surface area (Å²) in [6.07, 6.45) is 3.92. The zero-order chi connectivity index (χ0) is 15.1. The number of nitrogens with two attached hydrogens (primary N) is 1. The van der Waals surface area contributed by atoms with Gasteiger partial charge in [-0.3, -0.25) is 0 Å². The molecule has 0 aliphatic carbocycles. The topological polar surface area (TPSA) is 65.1 Å². The first-order valence-corrected chi connectivity index (χ1v) is 7.67. The Labute approximate surface area is 127 Å². The van der Waals surface area contributed by atoms with Gasteiger partial charge in [-0.2, -0.15) is 0 Å². The van der Waals surface area contributed by atoms with E-state index < -0.39 is 0 Å². The molecule has 2 rings (SSSR count). The predicted molar refractivity (Wildman–Crippen MR) is 85.6 cm³/mol. The first-order valence-electron chi connectivity index (χ1n) is 7.67. The molecular formula is C16H26N4O. The standard InChI is InChI=1S/C16H26N4O/c1-19(8-5-11-20-9-2-3-10-20)13-14-6-4-7-15(12-14)16(17)18-21/h4,6-7,12,21H,2-3,5,8-11,13H2,1H3,(H2,17,18). The first kappa shape index (κ1) is 15.8. The molecule has 1 aliphatic rings. The molecule has 5 nitrogen and oxygen atoms in total. The largest absolute Gasteiger partial charge is 0.409 e. The van der Waals surface area contributed by atoms with Gasteiger partial charge in [0.05, 0.1) is 0 Å². The number of benzene rings is 1. The van der Waals surface area contributed by atoms with Crippen molar-refractivity contribution in [3.8, 4) is 0 Å². The van der Waals surface area contributed by atoms with Crippen LogP contribution >= 0.6 is 0 Å². The van der Waals surface area contributed by atoms with Crippen LogP contribution < -0.4 is 5.73 Å². The monoisotopic (exact) mass is 290 g/mol. The summed E-state index contributed by atoms with van der Waals surface area (Å²) in [5.41, 5.74) is 7.57. The molecule has 0 bridgehead atoms. The third-order valence-corrected chi connectivity index (χ3v) is 4.00. The van der Waals surface area contributed by atoms with Crippen LogP contribution in [0, 0.1) is 0 Å². The molecular weight excluding hydrogens is 264 g/mol. The van der Waals surface area contributed by atoms with Gasteiger partial charge in [-0.1, -0.05) is 23.4 Å². The molecule has 1 heterocycles. The van der Waals surface area contributed by atoms with Crippen molar-refractivity contribution >= 4 is 5.84 Å². The van der Waals surface area contributed by atoms with Gasteiger partial charge < -0.3 is 20.7 Å². The molecule has 0 saturated carbocycles. The van der Waals surface area contributed by atoms with E-state index in [4.69, 9.17) is 10.9 Å². The highest BCUT2D eigenvalue weighted by Gasteiger charge is 2.11. The van der Waals surface area contributed by atoms with Crippen LogP contribution in [-0.4, -0.2) is 54.1 Å². The number of nitrogens with zero attached hydrogens (tertiary/aromatic N) is 3. The third kappa shape index (κ3) is 5.02. The van der Waals surface area contributed by atoms with Crippen molar-refractivity contribution in [1.82, 2.24) is 9.80 Å². The molecule has 1 saturated heterocycles. The summed E-state index contributed by atoms with van der Waals surface area (Å²) >= 11 is 0. The Kier molecular flexibility index (Phi) is 6.02. The lowest BCUT2D eigenvalue weighted by atomic mass is 10.1. The maximum absolute atomic E-state index is 8.73. The molecule has 0 spiro atoms.